The van der Waals surface area contributed by atoms with E-state index in [4.69, 9.17) is 9.47 Å². The van der Waals surface area contributed by atoms with E-state index < -0.39 is 20.2 Å². The summed E-state index contributed by atoms with van der Waals surface area (Å²) in [5.74, 6) is -0.792. The van der Waals surface area contributed by atoms with Crippen molar-refractivity contribution in [3.63, 3.8) is 0 Å². The number of amides is 1. The maximum absolute atomic E-state index is 13.7. The second-order valence-corrected chi connectivity index (χ2v) is 15.6. The first-order valence-electron chi connectivity index (χ1n) is 10.7. The molecular weight excluding hydrogens is 533 g/mol. The summed E-state index contributed by atoms with van der Waals surface area (Å²) in [6.07, 6.45) is -4.86. The van der Waals surface area contributed by atoms with Crippen LogP contribution in [0.3, 0.4) is 0 Å². The van der Waals surface area contributed by atoms with Crippen LogP contribution in [0.5, 0.6) is 5.75 Å². The highest BCUT2D eigenvalue weighted by Gasteiger charge is 2.35. The number of halogens is 4. The summed E-state index contributed by atoms with van der Waals surface area (Å²) in [6, 6.07) is 10.2. The van der Waals surface area contributed by atoms with Crippen LogP contribution >= 0.6 is 15.9 Å². The van der Waals surface area contributed by atoms with Gasteiger partial charge in [-0.05, 0) is 36.4 Å². The molecule has 0 aliphatic carbocycles. The fourth-order valence-electron chi connectivity index (χ4n) is 3.53. The van der Waals surface area contributed by atoms with Crippen molar-refractivity contribution in [3.05, 3.63) is 46.4 Å². The van der Waals surface area contributed by atoms with Crippen LogP contribution in [0.1, 0.15) is 10.4 Å². The number of rotatable bonds is 9. The van der Waals surface area contributed by atoms with Crippen LogP contribution in [0, 0.1) is 0 Å². The predicted octanol–water partition coefficient (Wildman–Crippen LogP) is 6.40. The highest BCUT2D eigenvalue weighted by atomic mass is 79.9. The van der Waals surface area contributed by atoms with Gasteiger partial charge in [0.05, 0.1) is 29.2 Å². The number of hydrogen-bond donors (Lipinski definition) is 0. The van der Waals surface area contributed by atoms with Crippen molar-refractivity contribution >= 4 is 47.0 Å². The second kappa shape index (κ2) is 10.7. The molecule has 0 bridgehead atoms. The quantitative estimate of drug-likeness (QED) is 0.262. The molecule has 0 fully saturated rings. The number of carbonyl (C=O) groups is 1. The average Bonchev–Trinajstić information content (AvgIpc) is 2.81. The fourth-order valence-corrected chi connectivity index (χ4v) is 4.65. The van der Waals surface area contributed by atoms with Gasteiger partial charge in [-0.15, -0.1) is 13.2 Å². The van der Waals surface area contributed by atoms with Crippen LogP contribution in [0.2, 0.25) is 25.7 Å². The van der Waals surface area contributed by atoms with E-state index in [0.29, 0.717) is 41.2 Å². The highest BCUT2D eigenvalue weighted by molar-refractivity contribution is 9.10. The summed E-state index contributed by atoms with van der Waals surface area (Å²) in [6.45, 7) is 7.72. The Balaban J connectivity index is 2.09. The largest absolute Gasteiger partial charge is 0.573 e. The smallest absolute Gasteiger partial charge is 0.406 e. The van der Waals surface area contributed by atoms with E-state index in [9.17, 15) is 18.0 Å². The van der Waals surface area contributed by atoms with E-state index in [1.54, 1.807) is 19.2 Å². The molecule has 0 aromatic heterocycles. The number of anilines is 3. The summed E-state index contributed by atoms with van der Waals surface area (Å²) in [7, 11) is 0.190. The van der Waals surface area contributed by atoms with Crippen molar-refractivity contribution in [2.75, 3.05) is 43.4 Å². The summed E-state index contributed by atoms with van der Waals surface area (Å²) in [5, 5.41) is 0. The molecule has 1 aliphatic heterocycles. The van der Waals surface area contributed by atoms with Crippen molar-refractivity contribution in [3.8, 4) is 5.75 Å². The molecule has 0 saturated heterocycles. The molecule has 34 heavy (non-hydrogen) atoms. The van der Waals surface area contributed by atoms with Crippen LogP contribution in [0.15, 0.2) is 40.9 Å². The van der Waals surface area contributed by atoms with Gasteiger partial charge in [-0.25, -0.2) is 0 Å². The molecule has 0 unspecified atom stereocenters. The second-order valence-electron chi connectivity index (χ2n) is 9.09. The molecule has 0 saturated carbocycles. The molecule has 1 amide bonds. The van der Waals surface area contributed by atoms with E-state index in [0.717, 1.165) is 6.04 Å². The van der Waals surface area contributed by atoms with Gasteiger partial charge in [0.1, 0.15) is 12.5 Å². The molecule has 6 nitrogen and oxygen atoms in total. The molecule has 0 radical (unpaired) electrons. The number of alkyl halides is 3. The number of benzene rings is 2. The van der Waals surface area contributed by atoms with E-state index in [2.05, 4.69) is 40.3 Å². The van der Waals surface area contributed by atoms with E-state index in [-0.39, 0.29) is 18.3 Å². The molecule has 1 heterocycles. The number of fused-ring (bicyclic) bond motifs is 2. The lowest BCUT2D eigenvalue weighted by Crippen LogP contribution is -2.33. The summed E-state index contributed by atoms with van der Waals surface area (Å²) >= 11 is 3.42. The van der Waals surface area contributed by atoms with Gasteiger partial charge >= 0.3 is 6.36 Å². The Morgan fingerprint density at radius 3 is 2.32 bits per heavy atom. The Kier molecular flexibility index (Phi) is 8.33. The van der Waals surface area contributed by atoms with Gasteiger partial charge < -0.3 is 19.1 Å². The minimum atomic E-state index is -4.86. The van der Waals surface area contributed by atoms with Crippen LogP contribution in [0.4, 0.5) is 30.2 Å². The van der Waals surface area contributed by atoms with Crippen LogP contribution in [-0.4, -0.2) is 53.9 Å². The normalized spacial score (nSPS) is 14.1. The summed E-state index contributed by atoms with van der Waals surface area (Å²) < 4.78 is 54.8. The Hall–Kier alpha value is -2.08. The third kappa shape index (κ3) is 6.74. The Labute approximate surface area is 206 Å². The molecule has 0 atom stereocenters. The zero-order valence-electron chi connectivity index (χ0n) is 19.5. The minimum absolute atomic E-state index is 0.101. The van der Waals surface area contributed by atoms with Crippen molar-refractivity contribution < 1.29 is 32.2 Å². The predicted molar refractivity (Wildman–Crippen MR) is 132 cm³/mol. The SMILES string of the molecule is COCCN1c2ccc(Br)cc2C(=O)N(COCC[Si](C)(C)C)c2cc(OC(F)(F)F)ccc21. The Bertz CT molecular complexity index is 1030. The first-order chi connectivity index (χ1) is 15.9. The molecule has 186 valence electrons. The Morgan fingerprint density at radius 2 is 1.68 bits per heavy atom. The first-order valence-corrected chi connectivity index (χ1v) is 15.2. The van der Waals surface area contributed by atoms with Crippen molar-refractivity contribution in [2.45, 2.75) is 32.0 Å². The lowest BCUT2D eigenvalue weighted by atomic mass is 10.1. The maximum atomic E-state index is 13.7. The zero-order chi connectivity index (χ0) is 25.1. The van der Waals surface area contributed by atoms with Crippen molar-refractivity contribution in [1.29, 1.82) is 0 Å². The van der Waals surface area contributed by atoms with Gasteiger partial charge in [0.15, 0.2) is 0 Å². The minimum Gasteiger partial charge on any atom is -0.406 e. The van der Waals surface area contributed by atoms with E-state index >= 15 is 0 Å². The summed E-state index contributed by atoms with van der Waals surface area (Å²) in [4.78, 5) is 16.9. The lowest BCUT2D eigenvalue weighted by Gasteiger charge is -2.28. The number of hydrogen-bond acceptors (Lipinski definition) is 5. The molecule has 1 aliphatic rings. The van der Waals surface area contributed by atoms with Gasteiger partial charge in [-0.2, -0.15) is 0 Å². The number of carbonyl (C=O) groups excluding carboxylic acids is 1. The van der Waals surface area contributed by atoms with E-state index in [1.807, 2.05) is 11.0 Å². The molecule has 0 spiro atoms. The molecule has 3 rings (SSSR count). The van der Waals surface area contributed by atoms with Crippen molar-refractivity contribution in [1.82, 2.24) is 0 Å². The lowest BCUT2D eigenvalue weighted by molar-refractivity contribution is -0.274. The first kappa shape index (κ1) is 26.5. The third-order valence-electron chi connectivity index (χ3n) is 5.22. The van der Waals surface area contributed by atoms with Gasteiger partial charge in [0, 0.05) is 38.9 Å². The standard InChI is InChI=1S/C23H28BrF3N2O4Si/c1-31-10-9-28-19-7-5-16(24)13-18(19)22(30)29(15-32-11-12-34(2,3)4)21-14-17(6-8-20(21)28)33-23(25,26)27/h5-8,13-14H,9-12,15H2,1-4H3. The number of nitrogens with zero attached hydrogens (tertiary/aromatic N) is 2. The van der Waals surface area contributed by atoms with E-state index in [1.165, 1.54) is 23.1 Å². The third-order valence-corrected chi connectivity index (χ3v) is 7.42. The van der Waals surface area contributed by atoms with Gasteiger partial charge in [0.2, 0.25) is 0 Å². The van der Waals surface area contributed by atoms with Gasteiger partial charge in [-0.3, -0.25) is 9.69 Å². The number of ether oxygens (including phenoxy) is 3. The average molecular weight is 561 g/mol. The van der Waals surface area contributed by atoms with Crippen LogP contribution in [-0.2, 0) is 9.47 Å². The highest BCUT2D eigenvalue weighted by Crippen LogP contribution is 2.43. The van der Waals surface area contributed by atoms with Crippen molar-refractivity contribution in [2.24, 2.45) is 0 Å². The number of methoxy groups -OCH3 is 1. The molecule has 2 aromatic carbocycles. The molecule has 11 heteroatoms. The summed E-state index contributed by atoms with van der Waals surface area (Å²) in [5.41, 5.74) is 1.84. The van der Waals surface area contributed by atoms with Crippen LogP contribution < -0.4 is 14.5 Å². The molecule has 2 aromatic rings. The maximum Gasteiger partial charge on any atom is 0.573 e. The molecule has 0 N–H and O–H groups in total. The fraction of sp³-hybridized carbons (Fsp3) is 0.435. The topological polar surface area (TPSA) is 51.2 Å². The Morgan fingerprint density at radius 1 is 0.971 bits per heavy atom. The molecular formula is C23H28BrF3N2O4Si. The van der Waals surface area contributed by atoms with Gasteiger partial charge in [-0.1, -0.05) is 35.6 Å². The zero-order valence-corrected chi connectivity index (χ0v) is 22.1. The van der Waals surface area contributed by atoms with Gasteiger partial charge in [0.25, 0.3) is 5.91 Å². The van der Waals surface area contributed by atoms with Crippen LogP contribution in [0.25, 0.3) is 0 Å². The monoisotopic (exact) mass is 560 g/mol.